The van der Waals surface area contributed by atoms with E-state index >= 15 is 0 Å². The predicted octanol–water partition coefficient (Wildman–Crippen LogP) is 0.754. The molecule has 0 radical (unpaired) electrons. The van der Waals surface area contributed by atoms with Crippen molar-refractivity contribution in [2.24, 2.45) is 7.05 Å². The van der Waals surface area contributed by atoms with Crippen molar-refractivity contribution in [3.63, 3.8) is 0 Å². The molecule has 5 heteroatoms. The van der Waals surface area contributed by atoms with Crippen LogP contribution < -0.4 is 5.69 Å². The van der Waals surface area contributed by atoms with E-state index in [2.05, 4.69) is 21.0 Å². The largest absolute Gasteiger partial charge is 0.346 e. The van der Waals surface area contributed by atoms with E-state index in [4.69, 9.17) is 0 Å². The number of hydrogen-bond donors (Lipinski definition) is 0. The summed E-state index contributed by atoms with van der Waals surface area (Å²) in [4.78, 5) is 11.2. The van der Waals surface area contributed by atoms with Gasteiger partial charge in [0.15, 0.2) is 0 Å². The number of hydrogen-bond acceptors (Lipinski definition) is 2. The fourth-order valence-corrected chi connectivity index (χ4v) is 1.45. The highest BCUT2D eigenvalue weighted by Gasteiger charge is 2.05. The maximum Gasteiger partial charge on any atom is 0.346 e. The first-order chi connectivity index (χ1) is 5.16. The fraction of sp³-hybridized carbons (Fsp3) is 0.667. The standard InChI is InChI=1S/C6H10BrN3O/c1-3-4-10-5(7)8-9(2)6(10)11/h3-4H2,1-2H3. The number of aromatic nitrogens is 3. The highest BCUT2D eigenvalue weighted by Crippen LogP contribution is 2.02. The van der Waals surface area contributed by atoms with Gasteiger partial charge in [-0.1, -0.05) is 6.92 Å². The minimum Gasteiger partial charge on any atom is -0.270 e. The lowest BCUT2D eigenvalue weighted by Gasteiger charge is -1.95. The number of rotatable bonds is 2. The van der Waals surface area contributed by atoms with Crippen LogP contribution in [0.5, 0.6) is 0 Å². The Kier molecular flexibility index (Phi) is 2.49. The Balaban J connectivity index is 3.12. The Bertz CT molecular complexity index is 301. The summed E-state index contributed by atoms with van der Waals surface area (Å²) in [5.74, 6) is 0. The Labute approximate surface area is 73.0 Å². The van der Waals surface area contributed by atoms with Crippen molar-refractivity contribution in [1.82, 2.24) is 14.3 Å². The maximum absolute atomic E-state index is 11.2. The molecule has 1 aromatic rings. The van der Waals surface area contributed by atoms with Gasteiger partial charge in [-0.05, 0) is 22.4 Å². The van der Waals surface area contributed by atoms with E-state index < -0.39 is 0 Å². The number of aryl methyl sites for hydroxylation is 1. The Morgan fingerprint density at radius 3 is 2.64 bits per heavy atom. The van der Waals surface area contributed by atoms with E-state index in [1.165, 1.54) is 4.68 Å². The molecule has 0 saturated carbocycles. The summed E-state index contributed by atoms with van der Waals surface area (Å²) in [6, 6.07) is 0. The lowest BCUT2D eigenvalue weighted by atomic mass is 10.5. The van der Waals surface area contributed by atoms with Gasteiger partial charge in [0.25, 0.3) is 0 Å². The third kappa shape index (κ3) is 1.53. The molecule has 0 amide bonds. The van der Waals surface area contributed by atoms with Gasteiger partial charge >= 0.3 is 5.69 Å². The van der Waals surface area contributed by atoms with Gasteiger partial charge < -0.3 is 0 Å². The lowest BCUT2D eigenvalue weighted by Crippen LogP contribution is -2.22. The van der Waals surface area contributed by atoms with Gasteiger partial charge in [-0.25, -0.2) is 9.48 Å². The Morgan fingerprint density at radius 1 is 1.64 bits per heavy atom. The van der Waals surface area contributed by atoms with Gasteiger partial charge in [0, 0.05) is 13.6 Å². The summed E-state index contributed by atoms with van der Waals surface area (Å²) in [5.41, 5.74) is -0.0706. The third-order valence-corrected chi connectivity index (χ3v) is 2.00. The number of halogens is 1. The van der Waals surface area contributed by atoms with Crippen molar-refractivity contribution < 1.29 is 0 Å². The summed E-state index contributed by atoms with van der Waals surface area (Å²) in [6.07, 6.45) is 0.935. The van der Waals surface area contributed by atoms with E-state index in [9.17, 15) is 4.79 Å². The lowest BCUT2D eigenvalue weighted by molar-refractivity contribution is 0.626. The second-order valence-electron chi connectivity index (χ2n) is 2.33. The Morgan fingerprint density at radius 2 is 2.27 bits per heavy atom. The zero-order chi connectivity index (χ0) is 8.43. The highest BCUT2D eigenvalue weighted by molar-refractivity contribution is 9.10. The van der Waals surface area contributed by atoms with Gasteiger partial charge in [0.1, 0.15) is 0 Å². The van der Waals surface area contributed by atoms with Gasteiger partial charge in [0.2, 0.25) is 4.73 Å². The average molecular weight is 220 g/mol. The molecule has 0 aliphatic rings. The first kappa shape index (κ1) is 8.52. The summed E-state index contributed by atoms with van der Waals surface area (Å²) in [5, 5.41) is 3.91. The molecular formula is C6H10BrN3O. The van der Waals surface area contributed by atoms with Gasteiger partial charge in [-0.15, -0.1) is 5.10 Å². The highest BCUT2D eigenvalue weighted by atomic mass is 79.9. The van der Waals surface area contributed by atoms with E-state index in [0.717, 1.165) is 6.42 Å². The SMILES string of the molecule is CCCn1c(Br)nn(C)c1=O. The van der Waals surface area contributed by atoms with E-state index in [-0.39, 0.29) is 5.69 Å². The van der Waals surface area contributed by atoms with Crippen LogP contribution in [0, 0.1) is 0 Å². The first-order valence-corrected chi connectivity index (χ1v) is 4.25. The molecule has 1 rings (SSSR count). The van der Waals surface area contributed by atoms with Crippen molar-refractivity contribution >= 4 is 15.9 Å². The van der Waals surface area contributed by atoms with E-state index in [0.29, 0.717) is 11.3 Å². The van der Waals surface area contributed by atoms with Crippen LogP contribution in [0.2, 0.25) is 0 Å². The predicted molar refractivity (Wildman–Crippen MR) is 45.5 cm³/mol. The Hall–Kier alpha value is -0.580. The molecule has 0 fully saturated rings. The van der Waals surface area contributed by atoms with Crippen LogP contribution in [0.15, 0.2) is 9.53 Å². The van der Waals surface area contributed by atoms with Crippen LogP contribution in [-0.4, -0.2) is 14.3 Å². The van der Waals surface area contributed by atoms with Crippen LogP contribution in [0.1, 0.15) is 13.3 Å². The van der Waals surface area contributed by atoms with Crippen LogP contribution >= 0.6 is 15.9 Å². The van der Waals surface area contributed by atoms with E-state index in [1.54, 1.807) is 11.6 Å². The van der Waals surface area contributed by atoms with Crippen LogP contribution in [0.3, 0.4) is 0 Å². The smallest absolute Gasteiger partial charge is 0.270 e. The molecule has 0 atom stereocenters. The molecule has 4 nitrogen and oxygen atoms in total. The summed E-state index contributed by atoms with van der Waals surface area (Å²) in [6.45, 7) is 2.74. The zero-order valence-electron chi connectivity index (χ0n) is 6.54. The normalized spacial score (nSPS) is 10.5. The third-order valence-electron chi connectivity index (χ3n) is 1.41. The van der Waals surface area contributed by atoms with E-state index in [1.807, 2.05) is 6.92 Å². The van der Waals surface area contributed by atoms with Gasteiger partial charge in [0.05, 0.1) is 0 Å². The van der Waals surface area contributed by atoms with Crippen LogP contribution in [0.4, 0.5) is 0 Å². The minimum atomic E-state index is -0.0706. The molecule has 1 heterocycles. The second kappa shape index (κ2) is 3.21. The molecule has 0 N–H and O–H groups in total. The molecular weight excluding hydrogens is 210 g/mol. The van der Waals surface area contributed by atoms with Crippen molar-refractivity contribution in [1.29, 1.82) is 0 Å². The summed E-state index contributed by atoms with van der Waals surface area (Å²) in [7, 11) is 1.64. The molecule has 0 aliphatic carbocycles. The molecule has 0 bridgehead atoms. The summed E-state index contributed by atoms with van der Waals surface area (Å²) >= 11 is 3.20. The number of nitrogens with zero attached hydrogens (tertiary/aromatic N) is 3. The second-order valence-corrected chi connectivity index (χ2v) is 3.04. The van der Waals surface area contributed by atoms with Crippen molar-refractivity contribution in [2.75, 3.05) is 0 Å². The quantitative estimate of drug-likeness (QED) is 0.737. The first-order valence-electron chi connectivity index (χ1n) is 3.46. The van der Waals surface area contributed by atoms with Crippen molar-refractivity contribution in [2.45, 2.75) is 19.9 Å². The van der Waals surface area contributed by atoms with Crippen LogP contribution in [0.25, 0.3) is 0 Å². The molecule has 0 saturated heterocycles. The monoisotopic (exact) mass is 219 g/mol. The minimum absolute atomic E-state index is 0.0706. The fourth-order valence-electron chi connectivity index (χ4n) is 0.886. The van der Waals surface area contributed by atoms with Crippen molar-refractivity contribution in [3.8, 4) is 0 Å². The molecule has 62 valence electrons. The maximum atomic E-state index is 11.2. The van der Waals surface area contributed by atoms with Gasteiger partial charge in [-0.2, -0.15) is 0 Å². The van der Waals surface area contributed by atoms with Crippen LogP contribution in [-0.2, 0) is 13.6 Å². The summed E-state index contributed by atoms with van der Waals surface area (Å²) < 4.78 is 3.52. The molecule has 0 aromatic carbocycles. The zero-order valence-corrected chi connectivity index (χ0v) is 8.13. The average Bonchev–Trinajstić information content (AvgIpc) is 2.17. The topological polar surface area (TPSA) is 39.8 Å². The molecule has 0 unspecified atom stereocenters. The molecule has 1 aromatic heterocycles. The van der Waals surface area contributed by atoms with Crippen molar-refractivity contribution in [3.05, 3.63) is 15.2 Å². The molecule has 0 aliphatic heterocycles. The van der Waals surface area contributed by atoms with Gasteiger partial charge in [-0.3, -0.25) is 4.57 Å². The molecule has 11 heavy (non-hydrogen) atoms. The molecule has 0 spiro atoms.